The molecule has 0 fully saturated rings. The topological polar surface area (TPSA) is 17.1 Å². The SMILES string of the molecule is C=CCCC[C@](C)(C(=O)c1ccccc1)c1ccccc1. The quantitative estimate of drug-likeness (QED) is 0.387. The summed E-state index contributed by atoms with van der Waals surface area (Å²) in [5.41, 5.74) is 1.39. The fourth-order valence-corrected chi connectivity index (χ4v) is 2.70. The molecule has 0 heterocycles. The number of hydrogen-bond donors (Lipinski definition) is 0. The number of Topliss-reactive ketones (excluding diaryl/α,β-unsaturated/α-hetero) is 1. The highest BCUT2D eigenvalue weighted by Crippen LogP contribution is 2.33. The molecule has 1 heteroatoms. The molecule has 0 unspecified atom stereocenters. The van der Waals surface area contributed by atoms with Gasteiger partial charge in [-0.3, -0.25) is 4.79 Å². The Balaban J connectivity index is 2.36. The van der Waals surface area contributed by atoms with Crippen molar-refractivity contribution in [1.29, 1.82) is 0 Å². The molecule has 0 amide bonds. The number of allylic oxidation sites excluding steroid dienone is 1. The van der Waals surface area contributed by atoms with Gasteiger partial charge in [-0.1, -0.05) is 66.7 Å². The highest BCUT2D eigenvalue weighted by atomic mass is 16.1. The highest BCUT2D eigenvalue weighted by molar-refractivity contribution is 6.03. The molecule has 0 N–H and O–H groups in total. The van der Waals surface area contributed by atoms with Crippen LogP contribution >= 0.6 is 0 Å². The number of benzene rings is 2. The van der Waals surface area contributed by atoms with Crippen LogP contribution in [-0.2, 0) is 5.41 Å². The Morgan fingerprint density at radius 2 is 1.62 bits per heavy atom. The third-order valence-electron chi connectivity index (χ3n) is 4.03. The molecule has 0 aliphatic rings. The lowest BCUT2D eigenvalue weighted by molar-refractivity contribution is 0.0886. The second-order valence-electron chi connectivity index (χ2n) is 5.57. The summed E-state index contributed by atoms with van der Waals surface area (Å²) in [5.74, 6) is 0.193. The molecule has 21 heavy (non-hydrogen) atoms. The standard InChI is InChI=1S/C20H22O/c1-3-4-11-16-20(2,18-14-9-6-10-15-18)19(21)17-12-7-5-8-13-17/h3,5-10,12-15H,1,4,11,16H2,2H3/t20-/m0/s1. The van der Waals surface area contributed by atoms with Gasteiger partial charge < -0.3 is 0 Å². The normalized spacial score (nSPS) is 13.4. The van der Waals surface area contributed by atoms with Crippen LogP contribution in [0.5, 0.6) is 0 Å². The maximum absolute atomic E-state index is 13.0. The fraction of sp³-hybridized carbons (Fsp3) is 0.250. The summed E-state index contributed by atoms with van der Waals surface area (Å²) in [6, 6.07) is 19.7. The molecule has 0 aliphatic heterocycles. The van der Waals surface area contributed by atoms with Gasteiger partial charge in [-0.2, -0.15) is 0 Å². The number of carbonyl (C=O) groups is 1. The average molecular weight is 278 g/mol. The van der Waals surface area contributed by atoms with Gasteiger partial charge in [0.15, 0.2) is 5.78 Å². The Hall–Kier alpha value is -2.15. The van der Waals surface area contributed by atoms with E-state index >= 15 is 0 Å². The molecule has 1 atom stereocenters. The van der Waals surface area contributed by atoms with Crippen LogP contribution in [0.4, 0.5) is 0 Å². The number of ketones is 1. The number of carbonyl (C=O) groups excluding carboxylic acids is 1. The lowest BCUT2D eigenvalue weighted by Gasteiger charge is -2.29. The van der Waals surface area contributed by atoms with Crippen LogP contribution in [-0.4, -0.2) is 5.78 Å². The van der Waals surface area contributed by atoms with E-state index in [0.29, 0.717) is 0 Å². The first kappa shape index (κ1) is 15.2. The minimum atomic E-state index is -0.481. The molecule has 0 bridgehead atoms. The Labute approximate surface area is 127 Å². The van der Waals surface area contributed by atoms with E-state index in [1.807, 2.05) is 54.6 Å². The Morgan fingerprint density at radius 3 is 2.19 bits per heavy atom. The van der Waals surface area contributed by atoms with E-state index in [-0.39, 0.29) is 5.78 Å². The highest BCUT2D eigenvalue weighted by Gasteiger charge is 2.34. The van der Waals surface area contributed by atoms with Gasteiger partial charge >= 0.3 is 0 Å². The van der Waals surface area contributed by atoms with Gasteiger partial charge in [-0.15, -0.1) is 6.58 Å². The van der Waals surface area contributed by atoms with Crippen LogP contribution in [0.3, 0.4) is 0 Å². The summed E-state index contributed by atoms with van der Waals surface area (Å²) in [4.78, 5) is 13.0. The zero-order valence-electron chi connectivity index (χ0n) is 12.6. The van der Waals surface area contributed by atoms with E-state index in [1.54, 1.807) is 0 Å². The molecule has 0 saturated heterocycles. The number of hydrogen-bond acceptors (Lipinski definition) is 1. The summed E-state index contributed by atoms with van der Waals surface area (Å²) >= 11 is 0. The van der Waals surface area contributed by atoms with Crippen molar-refractivity contribution in [2.24, 2.45) is 0 Å². The fourth-order valence-electron chi connectivity index (χ4n) is 2.70. The van der Waals surface area contributed by atoms with Gasteiger partial charge in [-0.05, 0) is 31.7 Å². The maximum Gasteiger partial charge on any atom is 0.173 e. The molecule has 0 saturated carbocycles. The van der Waals surface area contributed by atoms with Crippen molar-refractivity contribution >= 4 is 5.78 Å². The van der Waals surface area contributed by atoms with Gasteiger partial charge in [0.25, 0.3) is 0 Å². The van der Waals surface area contributed by atoms with Gasteiger partial charge in [0, 0.05) is 5.56 Å². The molecule has 2 aromatic rings. The molecule has 1 nitrogen and oxygen atoms in total. The van der Waals surface area contributed by atoms with E-state index in [9.17, 15) is 4.79 Å². The summed E-state index contributed by atoms with van der Waals surface area (Å²) in [7, 11) is 0. The second kappa shape index (κ2) is 7.03. The largest absolute Gasteiger partial charge is 0.293 e. The van der Waals surface area contributed by atoms with Gasteiger partial charge in [0.2, 0.25) is 0 Å². The van der Waals surface area contributed by atoms with Gasteiger partial charge in [0.05, 0.1) is 5.41 Å². The van der Waals surface area contributed by atoms with Crippen molar-refractivity contribution in [2.45, 2.75) is 31.6 Å². The first-order valence-corrected chi connectivity index (χ1v) is 7.45. The minimum Gasteiger partial charge on any atom is -0.293 e. The molecular weight excluding hydrogens is 256 g/mol. The van der Waals surface area contributed by atoms with Crippen LogP contribution in [0.15, 0.2) is 73.3 Å². The van der Waals surface area contributed by atoms with Gasteiger partial charge in [0.1, 0.15) is 0 Å². The first-order valence-electron chi connectivity index (χ1n) is 7.45. The van der Waals surface area contributed by atoms with Crippen LogP contribution in [0, 0.1) is 0 Å². The zero-order valence-corrected chi connectivity index (χ0v) is 12.6. The van der Waals surface area contributed by atoms with E-state index in [1.165, 1.54) is 0 Å². The van der Waals surface area contributed by atoms with Crippen molar-refractivity contribution < 1.29 is 4.79 Å². The maximum atomic E-state index is 13.0. The van der Waals surface area contributed by atoms with E-state index in [0.717, 1.165) is 30.4 Å². The van der Waals surface area contributed by atoms with Crippen molar-refractivity contribution in [3.8, 4) is 0 Å². The molecule has 108 valence electrons. The van der Waals surface area contributed by atoms with Crippen LogP contribution in [0.2, 0.25) is 0 Å². The van der Waals surface area contributed by atoms with Crippen molar-refractivity contribution in [3.05, 3.63) is 84.4 Å². The Kier molecular flexibility index (Phi) is 5.10. The average Bonchev–Trinajstić information content (AvgIpc) is 2.56. The summed E-state index contributed by atoms with van der Waals surface area (Å²) < 4.78 is 0. The van der Waals surface area contributed by atoms with E-state index in [2.05, 4.69) is 25.6 Å². The zero-order chi connectivity index (χ0) is 15.1. The smallest absolute Gasteiger partial charge is 0.173 e. The Bertz CT molecular complexity index is 586. The summed E-state index contributed by atoms with van der Waals surface area (Å²) in [5, 5.41) is 0. The van der Waals surface area contributed by atoms with Crippen molar-refractivity contribution in [2.75, 3.05) is 0 Å². The third-order valence-corrected chi connectivity index (χ3v) is 4.03. The van der Waals surface area contributed by atoms with Crippen LogP contribution in [0.25, 0.3) is 0 Å². The molecule has 2 aromatic carbocycles. The molecule has 0 radical (unpaired) electrons. The number of rotatable bonds is 7. The van der Waals surface area contributed by atoms with E-state index in [4.69, 9.17) is 0 Å². The summed E-state index contributed by atoms with van der Waals surface area (Å²) in [6.45, 7) is 5.83. The van der Waals surface area contributed by atoms with Crippen LogP contribution < -0.4 is 0 Å². The predicted octanol–water partition coefficient (Wildman–Crippen LogP) is 5.18. The van der Waals surface area contributed by atoms with Gasteiger partial charge in [-0.25, -0.2) is 0 Å². The molecule has 0 aromatic heterocycles. The first-order chi connectivity index (χ1) is 10.2. The van der Waals surface area contributed by atoms with Crippen LogP contribution in [0.1, 0.15) is 42.1 Å². The monoisotopic (exact) mass is 278 g/mol. The van der Waals surface area contributed by atoms with Crippen molar-refractivity contribution in [3.63, 3.8) is 0 Å². The second-order valence-corrected chi connectivity index (χ2v) is 5.57. The van der Waals surface area contributed by atoms with Crippen molar-refractivity contribution in [1.82, 2.24) is 0 Å². The molecule has 0 aliphatic carbocycles. The lowest BCUT2D eigenvalue weighted by Crippen LogP contribution is -2.32. The minimum absolute atomic E-state index is 0.193. The third kappa shape index (κ3) is 3.49. The lowest BCUT2D eigenvalue weighted by atomic mass is 9.73. The van der Waals surface area contributed by atoms with E-state index < -0.39 is 5.41 Å². The molecule has 0 spiro atoms. The Morgan fingerprint density at radius 1 is 1.05 bits per heavy atom. The molecular formula is C20H22O. The summed E-state index contributed by atoms with van der Waals surface area (Å²) in [6.07, 6.45) is 4.65. The molecule has 2 rings (SSSR count). The number of unbranched alkanes of at least 4 members (excludes halogenated alkanes) is 1. The predicted molar refractivity (Wildman–Crippen MR) is 88.6 cm³/mol.